The number of hydrogen-bond acceptors (Lipinski definition) is 5. The minimum atomic E-state index is -0.915. The maximum absolute atomic E-state index is 13.4. The number of esters is 1. The Morgan fingerprint density at radius 1 is 0.718 bits per heavy atom. The molecule has 0 unspecified atom stereocenters. The maximum Gasteiger partial charge on any atom is 0.329 e. The van der Waals surface area contributed by atoms with Gasteiger partial charge >= 0.3 is 5.97 Å². The van der Waals surface area contributed by atoms with Crippen molar-refractivity contribution in [2.75, 3.05) is 0 Å². The van der Waals surface area contributed by atoms with Gasteiger partial charge in [0.25, 0.3) is 0 Å². The molecular weight excluding hydrogens is 490 g/mol. The molecule has 206 valence electrons. The molecule has 3 atom stereocenters. The molecule has 0 fully saturated rings. The summed E-state index contributed by atoms with van der Waals surface area (Å²) in [6.45, 7) is 4.04. The van der Waals surface area contributed by atoms with Crippen molar-refractivity contribution >= 4 is 17.8 Å². The molecule has 4 N–H and O–H groups in total. The molecule has 0 saturated heterocycles. The van der Waals surface area contributed by atoms with Gasteiger partial charge in [-0.3, -0.25) is 9.59 Å². The summed E-state index contributed by atoms with van der Waals surface area (Å²) in [6, 6.07) is 26.1. The Bertz CT molecular complexity index is 1170. The first kappa shape index (κ1) is 29.6. The van der Waals surface area contributed by atoms with Crippen LogP contribution in [0.2, 0.25) is 0 Å². The molecule has 3 rings (SSSR count). The van der Waals surface area contributed by atoms with E-state index in [1.54, 1.807) is 0 Å². The summed E-state index contributed by atoms with van der Waals surface area (Å²) in [5.41, 5.74) is 9.00. The van der Waals surface area contributed by atoms with Crippen molar-refractivity contribution in [1.29, 1.82) is 0 Å². The molecule has 3 aromatic rings. The van der Waals surface area contributed by atoms with E-state index in [0.29, 0.717) is 19.3 Å². The first-order valence-electron chi connectivity index (χ1n) is 13.5. The van der Waals surface area contributed by atoms with Gasteiger partial charge in [0.2, 0.25) is 11.8 Å². The van der Waals surface area contributed by atoms with Gasteiger partial charge < -0.3 is 21.1 Å². The van der Waals surface area contributed by atoms with E-state index in [9.17, 15) is 14.4 Å². The third-order valence-corrected chi connectivity index (χ3v) is 6.37. The lowest BCUT2D eigenvalue weighted by Crippen LogP contribution is -2.55. The van der Waals surface area contributed by atoms with Crippen LogP contribution in [0.15, 0.2) is 91.0 Å². The Kier molecular flexibility index (Phi) is 11.7. The van der Waals surface area contributed by atoms with Crippen LogP contribution < -0.4 is 16.4 Å². The smallest absolute Gasteiger partial charge is 0.329 e. The second kappa shape index (κ2) is 15.4. The van der Waals surface area contributed by atoms with E-state index in [1.807, 2.05) is 105 Å². The number of ether oxygens (including phenoxy) is 1. The standard InChI is InChI=1S/C32H39N3O4/c1-23(2)20-28(34-30(36)27(33)19-18-24-12-6-3-7-13-24)31(37)35-29(21-25-14-8-4-9-15-25)32(38)39-22-26-16-10-5-11-17-26/h3-17,23,27-29H,18-22,33H2,1-2H3,(H,34,36)(H,35,37)/t27-,28+,29-/m1/s1. The average Bonchev–Trinajstić information content (AvgIpc) is 2.95. The fourth-order valence-corrected chi connectivity index (χ4v) is 4.22. The molecule has 0 radical (unpaired) electrons. The van der Waals surface area contributed by atoms with Gasteiger partial charge in [-0.25, -0.2) is 4.79 Å². The van der Waals surface area contributed by atoms with Crippen LogP contribution in [0.25, 0.3) is 0 Å². The fraction of sp³-hybridized carbons (Fsp3) is 0.344. The molecule has 7 nitrogen and oxygen atoms in total. The van der Waals surface area contributed by atoms with E-state index in [2.05, 4.69) is 10.6 Å². The quantitative estimate of drug-likeness (QED) is 0.274. The Balaban J connectivity index is 1.66. The van der Waals surface area contributed by atoms with Crippen LogP contribution in [-0.2, 0) is 38.6 Å². The number of carbonyl (C=O) groups excluding carboxylic acids is 3. The van der Waals surface area contributed by atoms with Crippen molar-refractivity contribution in [2.45, 2.75) is 64.3 Å². The SMILES string of the molecule is CC(C)C[C@H](NC(=O)[C@H](N)CCc1ccccc1)C(=O)N[C@H](Cc1ccccc1)C(=O)OCc1ccccc1. The van der Waals surface area contributed by atoms with Crippen molar-refractivity contribution in [3.8, 4) is 0 Å². The molecule has 0 aromatic heterocycles. The van der Waals surface area contributed by atoms with Crippen LogP contribution in [-0.4, -0.2) is 35.9 Å². The average molecular weight is 530 g/mol. The third-order valence-electron chi connectivity index (χ3n) is 6.37. The molecule has 0 aliphatic heterocycles. The summed E-state index contributed by atoms with van der Waals surface area (Å²) in [5.74, 6) is -1.24. The summed E-state index contributed by atoms with van der Waals surface area (Å²) in [6.07, 6.45) is 1.77. The van der Waals surface area contributed by atoms with E-state index >= 15 is 0 Å². The van der Waals surface area contributed by atoms with Crippen LogP contribution in [0.1, 0.15) is 43.4 Å². The van der Waals surface area contributed by atoms with E-state index in [4.69, 9.17) is 10.5 Å². The first-order chi connectivity index (χ1) is 18.8. The monoisotopic (exact) mass is 529 g/mol. The number of benzene rings is 3. The predicted molar refractivity (Wildman–Crippen MR) is 152 cm³/mol. The lowest BCUT2D eigenvalue weighted by atomic mass is 10.00. The van der Waals surface area contributed by atoms with E-state index < -0.39 is 35.9 Å². The van der Waals surface area contributed by atoms with Crippen LogP contribution in [0.4, 0.5) is 0 Å². The molecule has 2 amide bonds. The molecule has 39 heavy (non-hydrogen) atoms. The number of nitrogens with two attached hydrogens (primary N) is 1. The number of carbonyl (C=O) groups is 3. The number of amides is 2. The fourth-order valence-electron chi connectivity index (χ4n) is 4.22. The van der Waals surface area contributed by atoms with Crippen molar-refractivity contribution in [1.82, 2.24) is 10.6 Å². The second-order valence-electron chi connectivity index (χ2n) is 10.2. The molecule has 0 heterocycles. The summed E-state index contributed by atoms with van der Waals surface area (Å²) in [4.78, 5) is 39.5. The van der Waals surface area contributed by atoms with E-state index in [-0.39, 0.29) is 18.9 Å². The van der Waals surface area contributed by atoms with Gasteiger partial charge in [0.15, 0.2) is 0 Å². The Morgan fingerprint density at radius 2 is 1.23 bits per heavy atom. The van der Waals surface area contributed by atoms with Crippen LogP contribution in [0.5, 0.6) is 0 Å². The zero-order valence-corrected chi connectivity index (χ0v) is 22.7. The lowest BCUT2D eigenvalue weighted by Gasteiger charge is -2.25. The Morgan fingerprint density at radius 3 is 1.79 bits per heavy atom. The molecule has 0 saturated carbocycles. The summed E-state index contributed by atoms with van der Waals surface area (Å²) in [7, 11) is 0. The minimum Gasteiger partial charge on any atom is -0.459 e. The second-order valence-corrected chi connectivity index (χ2v) is 10.2. The van der Waals surface area contributed by atoms with Gasteiger partial charge in [-0.05, 0) is 41.9 Å². The zero-order chi connectivity index (χ0) is 28.0. The molecular formula is C32H39N3O4. The first-order valence-corrected chi connectivity index (χ1v) is 13.5. The van der Waals surface area contributed by atoms with Gasteiger partial charge in [0, 0.05) is 6.42 Å². The molecule has 0 aliphatic rings. The maximum atomic E-state index is 13.4. The van der Waals surface area contributed by atoms with Crippen molar-refractivity contribution in [3.63, 3.8) is 0 Å². The highest BCUT2D eigenvalue weighted by Gasteiger charge is 2.29. The number of aryl methyl sites for hydroxylation is 1. The van der Waals surface area contributed by atoms with E-state index in [0.717, 1.165) is 16.7 Å². The predicted octanol–water partition coefficient (Wildman–Crippen LogP) is 3.95. The normalized spacial score (nSPS) is 13.2. The molecule has 0 spiro atoms. The largest absolute Gasteiger partial charge is 0.459 e. The van der Waals surface area contributed by atoms with Gasteiger partial charge in [0.1, 0.15) is 18.7 Å². The third kappa shape index (κ3) is 10.4. The zero-order valence-electron chi connectivity index (χ0n) is 22.7. The van der Waals surface area contributed by atoms with Crippen molar-refractivity contribution < 1.29 is 19.1 Å². The van der Waals surface area contributed by atoms with Crippen LogP contribution in [0, 0.1) is 5.92 Å². The van der Waals surface area contributed by atoms with Crippen LogP contribution in [0.3, 0.4) is 0 Å². The number of rotatable bonds is 14. The topological polar surface area (TPSA) is 111 Å². The van der Waals surface area contributed by atoms with Crippen LogP contribution >= 0.6 is 0 Å². The number of nitrogens with one attached hydrogen (secondary N) is 2. The molecule has 0 bridgehead atoms. The number of hydrogen-bond donors (Lipinski definition) is 3. The lowest BCUT2D eigenvalue weighted by molar-refractivity contribution is -0.149. The summed E-state index contributed by atoms with van der Waals surface area (Å²) in [5, 5.41) is 5.66. The summed E-state index contributed by atoms with van der Waals surface area (Å²) >= 11 is 0. The van der Waals surface area contributed by atoms with E-state index in [1.165, 1.54) is 0 Å². The summed E-state index contributed by atoms with van der Waals surface area (Å²) < 4.78 is 5.56. The highest BCUT2D eigenvalue weighted by Crippen LogP contribution is 2.11. The molecule has 7 heteroatoms. The molecule has 0 aliphatic carbocycles. The van der Waals surface area contributed by atoms with Gasteiger partial charge in [-0.1, -0.05) is 105 Å². The van der Waals surface area contributed by atoms with Crippen molar-refractivity contribution in [3.05, 3.63) is 108 Å². The van der Waals surface area contributed by atoms with Gasteiger partial charge in [-0.15, -0.1) is 0 Å². The highest BCUT2D eigenvalue weighted by atomic mass is 16.5. The highest BCUT2D eigenvalue weighted by molar-refractivity contribution is 5.92. The molecule has 3 aromatic carbocycles. The van der Waals surface area contributed by atoms with Crippen molar-refractivity contribution in [2.24, 2.45) is 11.7 Å². The minimum absolute atomic E-state index is 0.100. The van der Waals surface area contributed by atoms with Gasteiger partial charge in [-0.2, -0.15) is 0 Å². The Hall–Kier alpha value is -3.97. The Labute approximate surface area is 231 Å². The van der Waals surface area contributed by atoms with Gasteiger partial charge in [0.05, 0.1) is 6.04 Å².